The number of nitrogens with zero attached hydrogens (tertiary/aromatic N) is 9. The second-order valence-electron chi connectivity index (χ2n) is 36.3. The Morgan fingerprint density at radius 2 is 0.748 bits per heavy atom. The fourth-order valence-electron chi connectivity index (χ4n) is 19.1. The Morgan fingerprint density at radius 3 is 1.08 bits per heavy atom. The molecule has 1 fully saturated rings. The second-order valence-corrected chi connectivity index (χ2v) is 38.7. The lowest BCUT2D eigenvalue weighted by Gasteiger charge is -2.30. The first-order chi connectivity index (χ1) is 64.3. The number of rotatable bonds is 29. The Labute approximate surface area is 824 Å². The molecule has 4 aliphatic rings. The number of nitrogens with one attached hydrogen (secondary N) is 3. The van der Waals surface area contributed by atoms with E-state index in [1.807, 2.05) is 190 Å². The van der Waals surface area contributed by atoms with E-state index >= 15 is 0 Å². The zero-order chi connectivity index (χ0) is 97.0. The SMILES string of the molecule is Cc1ccc(NC(=O)C2=C(CCCOc3cc(C)c(Cl)c(C)c3)c3ccc(Cl)c(-c4c(C)nn(C)c4C)c3C2)cc1N(C)CCN(C)C.Cc1ccc(NC(=O)C2=C(CCCOc3cc(C)c(Cl)c(C)c3)c3ccc(Cl)c(-c4c(C)nn(C)c4C)c3C2)cc1N1CCOCC1.Cc1ccc(NC(=O)C2=C(CCCOc3cc(C)c(Cl)c(C)c3)c3ccc(Cl)c(-c4c(C)nn(C)c4C)c3C2)o1. The Morgan fingerprint density at radius 1 is 0.400 bits per heavy atom. The highest BCUT2D eigenvalue weighted by Gasteiger charge is 2.36. The van der Waals surface area contributed by atoms with E-state index in [0.29, 0.717) is 98.1 Å². The summed E-state index contributed by atoms with van der Waals surface area (Å²) in [5, 5.41) is 27.7. The number of aryl methyl sites for hydroxylation is 15. The standard InChI is InChI=1S/C39H47Cl2N5O2.C38H42Cl2N4O3.C32H33Cl2N3O3/c1-23-12-13-28(21-35(23)45(8)17-16-44(6)7)42-39(47)33-22-32-31(14-15-34(40)37(32)36-26(4)43-46(9)27(36)5)30(33)11-10-18-48-29-19-24(2)38(41)25(3)20-29;1-22-9-10-27(20-34(22)44-13-16-46-17-14-44)41-38(45)32-21-31-30(11-12-33(39)36(31)35-25(4)42-43(6)26(35)5)29(32)8-7-15-47-28-18-23(2)37(40)24(3)19-28;1-17-14-22(15-18(2)31(17)34)39-13-7-8-23-24-10-11-27(33)30(29-20(4)36-37(6)21(29)5)25(24)16-26(23)32(38)35-28-12-9-19(3)40-28/h12-15,19-21H,10-11,16-18,22H2,1-9H3,(H,42,47);9-12,18-20H,7-8,13-17,21H2,1-6H3,(H,41,45);9-12,14-15H,7-8,13,16H2,1-6H3,(H,35,38). The zero-order valence-electron chi connectivity index (χ0n) is 81.3. The third-order valence-electron chi connectivity index (χ3n) is 26.3. The Kier molecular flexibility index (Phi) is 31.9. The van der Waals surface area contributed by atoms with Gasteiger partial charge in [0.25, 0.3) is 17.7 Å². The molecular weight excluding hydrogens is 1820 g/mol. The van der Waals surface area contributed by atoms with Crippen molar-refractivity contribution in [2.24, 2.45) is 21.1 Å². The number of amides is 3. The van der Waals surface area contributed by atoms with Gasteiger partial charge in [-0.2, -0.15) is 15.3 Å². The molecule has 20 nitrogen and oxygen atoms in total. The van der Waals surface area contributed by atoms with E-state index in [0.717, 1.165) is 274 Å². The molecule has 16 rings (SSSR count). The smallest absolute Gasteiger partial charge is 0.254 e. The monoisotopic (exact) mass is 1940 g/mol. The van der Waals surface area contributed by atoms with Crippen LogP contribution in [0.3, 0.4) is 0 Å². The van der Waals surface area contributed by atoms with Crippen LogP contribution in [0.25, 0.3) is 50.1 Å². The molecule has 0 atom stereocenters. The van der Waals surface area contributed by atoms with E-state index in [-0.39, 0.29) is 17.7 Å². The lowest BCUT2D eigenvalue weighted by molar-refractivity contribution is -0.113. The van der Waals surface area contributed by atoms with E-state index in [1.54, 1.807) is 6.07 Å². The first kappa shape index (κ1) is 99.9. The number of benzene rings is 8. The van der Waals surface area contributed by atoms with Gasteiger partial charge in [-0.3, -0.25) is 33.7 Å². The van der Waals surface area contributed by atoms with Gasteiger partial charge in [-0.15, -0.1) is 0 Å². The van der Waals surface area contributed by atoms with Crippen LogP contribution in [0.1, 0.15) is 156 Å². The highest BCUT2D eigenvalue weighted by Crippen LogP contribution is 2.51. The summed E-state index contributed by atoms with van der Waals surface area (Å²) in [7, 11) is 12.1. The average molecular weight is 1940 g/mol. The third kappa shape index (κ3) is 22.2. The summed E-state index contributed by atoms with van der Waals surface area (Å²) in [5.41, 5.74) is 35.5. The van der Waals surface area contributed by atoms with Crippen LogP contribution >= 0.6 is 69.6 Å². The van der Waals surface area contributed by atoms with Crippen LogP contribution in [0.2, 0.25) is 30.1 Å². The fraction of sp³-hybridized carbons (Fsp3) is 0.358. The minimum Gasteiger partial charge on any atom is -0.494 e. The second kappa shape index (κ2) is 43.1. The van der Waals surface area contributed by atoms with Gasteiger partial charge in [0, 0.05) is 200 Å². The van der Waals surface area contributed by atoms with Gasteiger partial charge in [-0.1, -0.05) is 99.9 Å². The van der Waals surface area contributed by atoms with E-state index in [9.17, 15) is 14.4 Å². The molecule has 135 heavy (non-hydrogen) atoms. The van der Waals surface area contributed by atoms with Crippen molar-refractivity contribution in [3.8, 4) is 50.6 Å². The van der Waals surface area contributed by atoms with Crippen molar-refractivity contribution in [3.05, 3.63) is 286 Å². The largest absolute Gasteiger partial charge is 0.494 e. The molecule has 708 valence electrons. The number of allylic oxidation sites excluding steroid dienone is 3. The van der Waals surface area contributed by atoms with Crippen molar-refractivity contribution in [2.75, 3.05) is 106 Å². The van der Waals surface area contributed by atoms with Gasteiger partial charge in [0.1, 0.15) is 23.0 Å². The molecule has 0 bridgehead atoms. The predicted molar refractivity (Wildman–Crippen MR) is 555 cm³/mol. The molecule has 12 aromatic rings. The molecule has 3 amide bonds. The van der Waals surface area contributed by atoms with E-state index in [4.69, 9.17) is 93.0 Å². The van der Waals surface area contributed by atoms with Crippen molar-refractivity contribution in [2.45, 2.75) is 162 Å². The van der Waals surface area contributed by atoms with Crippen molar-refractivity contribution in [3.63, 3.8) is 0 Å². The lowest BCUT2D eigenvalue weighted by atomic mass is 9.93. The third-order valence-corrected chi connectivity index (χ3v) is 29.1. The molecule has 4 aromatic heterocycles. The maximum absolute atomic E-state index is 14.2. The molecule has 1 saturated heterocycles. The van der Waals surface area contributed by atoms with Crippen LogP contribution in [0.5, 0.6) is 17.2 Å². The number of likely N-dealkylation sites (N-methyl/N-ethyl adjacent to an activating group) is 2. The summed E-state index contributed by atoms with van der Waals surface area (Å²) in [6.45, 7) is 36.5. The van der Waals surface area contributed by atoms with Gasteiger partial charge in [0.15, 0.2) is 5.88 Å². The number of anilines is 5. The number of hydrogen-bond donors (Lipinski definition) is 3. The van der Waals surface area contributed by atoms with E-state index in [2.05, 4.69) is 131 Å². The normalized spacial score (nSPS) is 13.3. The first-order valence-corrected chi connectivity index (χ1v) is 48.3. The minimum atomic E-state index is -0.174. The molecule has 26 heteroatoms. The van der Waals surface area contributed by atoms with Gasteiger partial charge >= 0.3 is 0 Å². The van der Waals surface area contributed by atoms with Gasteiger partial charge < -0.3 is 48.7 Å². The quantitative estimate of drug-likeness (QED) is 0.0374. The number of morpholine rings is 1. The summed E-state index contributed by atoms with van der Waals surface area (Å²) < 4.78 is 35.3. The van der Waals surface area contributed by atoms with Crippen molar-refractivity contribution < 1.29 is 37.7 Å². The molecular formula is C109H122Cl6N12O8. The summed E-state index contributed by atoms with van der Waals surface area (Å²) >= 11 is 39.8. The molecule has 1 aliphatic heterocycles. The van der Waals surface area contributed by atoms with Crippen LogP contribution in [-0.2, 0) is 59.5 Å². The van der Waals surface area contributed by atoms with E-state index in [1.165, 1.54) is 5.56 Å². The van der Waals surface area contributed by atoms with Crippen molar-refractivity contribution in [1.82, 2.24) is 34.2 Å². The number of aromatic nitrogens is 6. The Balaban J connectivity index is 0.000000163. The van der Waals surface area contributed by atoms with Gasteiger partial charge in [-0.05, 0) is 336 Å². The molecule has 3 N–H and O–H groups in total. The van der Waals surface area contributed by atoms with E-state index < -0.39 is 0 Å². The molecule has 3 aliphatic carbocycles. The van der Waals surface area contributed by atoms with Crippen LogP contribution in [0, 0.1) is 104 Å². The number of hydrogen-bond acceptors (Lipinski definition) is 14. The zero-order valence-corrected chi connectivity index (χ0v) is 85.9. The number of furan rings is 1. The number of fused-ring (bicyclic) bond motifs is 3. The number of ether oxygens (including phenoxy) is 4. The van der Waals surface area contributed by atoms with Gasteiger partial charge in [-0.25, -0.2) is 0 Å². The summed E-state index contributed by atoms with van der Waals surface area (Å²) in [6.07, 6.45) is 5.67. The van der Waals surface area contributed by atoms with Crippen molar-refractivity contribution >= 4 is 133 Å². The molecule has 0 saturated carbocycles. The number of halogens is 6. The molecule has 5 heterocycles. The summed E-state index contributed by atoms with van der Waals surface area (Å²) in [5.74, 6) is 3.19. The fourth-order valence-corrected chi connectivity index (χ4v) is 20.3. The maximum Gasteiger partial charge on any atom is 0.254 e. The first-order valence-electron chi connectivity index (χ1n) is 46.1. The number of carbonyl (C=O) groups is 3. The van der Waals surface area contributed by atoms with Gasteiger partial charge in [0.05, 0.1) is 50.1 Å². The van der Waals surface area contributed by atoms with Gasteiger partial charge in [0.2, 0.25) is 0 Å². The highest BCUT2D eigenvalue weighted by molar-refractivity contribution is 6.36. The van der Waals surface area contributed by atoms with Crippen molar-refractivity contribution in [1.29, 1.82) is 0 Å². The predicted octanol–water partition coefficient (Wildman–Crippen LogP) is 25.7. The Hall–Kier alpha value is -11.0. The molecule has 0 unspecified atom stereocenters. The summed E-state index contributed by atoms with van der Waals surface area (Å²) in [6, 6.07) is 39.6. The highest BCUT2D eigenvalue weighted by atomic mass is 35.5. The van der Waals surface area contributed by atoms with Crippen LogP contribution < -0.4 is 40.0 Å². The van der Waals surface area contributed by atoms with Crippen LogP contribution in [-0.4, -0.2) is 132 Å². The minimum absolute atomic E-state index is 0.0976. The average Bonchev–Trinajstić information content (AvgIpc) is 1.59. The molecule has 8 aromatic carbocycles. The number of carbonyl (C=O) groups excluding carboxylic acids is 3. The molecule has 0 spiro atoms. The Bertz CT molecular complexity index is 6630. The lowest BCUT2D eigenvalue weighted by Crippen LogP contribution is -2.36. The maximum atomic E-state index is 14.2. The topological polar surface area (TPSA) is 201 Å². The van der Waals surface area contributed by atoms with Crippen LogP contribution in [0.4, 0.5) is 28.6 Å². The molecule has 0 radical (unpaired) electrons. The van der Waals surface area contributed by atoms with Crippen LogP contribution in [0.15, 0.2) is 142 Å². The summed E-state index contributed by atoms with van der Waals surface area (Å²) in [4.78, 5) is 48.8.